The van der Waals surface area contributed by atoms with E-state index in [4.69, 9.17) is 19.0 Å². The Bertz CT molecular complexity index is 1240. The summed E-state index contributed by atoms with van der Waals surface area (Å²) in [6, 6.07) is 13.6. The molecule has 2 heterocycles. The van der Waals surface area contributed by atoms with Crippen LogP contribution < -0.4 is 5.32 Å². The number of aromatic hydroxyl groups is 1. The number of hydrogen-bond donors (Lipinski definition) is 3. The molecule has 2 aromatic rings. The van der Waals surface area contributed by atoms with Gasteiger partial charge in [0.25, 0.3) is 10.0 Å². The Morgan fingerprint density at radius 3 is 2.60 bits per heavy atom. The topological polar surface area (TPSA) is 144 Å². The molecule has 3 unspecified atom stereocenters. The number of nitrogens with zero attached hydrogens (tertiary/aromatic N) is 1. The highest BCUT2D eigenvalue weighted by atomic mass is 32.2. The van der Waals surface area contributed by atoms with Crippen LogP contribution in [0.2, 0.25) is 0 Å². The average Bonchev–Trinajstić information content (AvgIpc) is 3.69. The van der Waals surface area contributed by atoms with Gasteiger partial charge in [0, 0.05) is 0 Å². The molecule has 1 saturated carbocycles. The second-order valence-corrected chi connectivity index (χ2v) is 12.3. The van der Waals surface area contributed by atoms with Gasteiger partial charge in [0.05, 0.1) is 48.8 Å². The Morgan fingerprint density at radius 2 is 1.85 bits per heavy atom. The summed E-state index contributed by atoms with van der Waals surface area (Å²) in [6.07, 6.45) is 0.866. The number of sulfonamides is 1. The molecule has 2 aliphatic heterocycles. The maximum atomic E-state index is 13.6. The van der Waals surface area contributed by atoms with Crippen LogP contribution in [0.25, 0.3) is 0 Å². The van der Waals surface area contributed by atoms with Gasteiger partial charge in [-0.25, -0.2) is 13.2 Å². The van der Waals surface area contributed by atoms with Gasteiger partial charge in [-0.1, -0.05) is 53.7 Å². The predicted octanol–water partition coefficient (Wildman–Crippen LogP) is 2.72. The average molecular weight is 577 g/mol. The van der Waals surface area contributed by atoms with Gasteiger partial charge in [-0.3, -0.25) is 4.84 Å². The highest BCUT2D eigenvalue weighted by Crippen LogP contribution is 2.33. The number of amides is 1. The third-order valence-electron chi connectivity index (χ3n) is 7.60. The summed E-state index contributed by atoms with van der Waals surface area (Å²) in [5.41, 5.74) is 0.833. The molecular weight excluding hydrogens is 540 g/mol. The standard InChI is InChI=1S/C28H36N2O9S/c31-20-9-6-12-22(16-20)40(34,35)30(39-21-10-4-5-11-21)17-25(32)24(15-19-7-2-1-3-8-19)29-28(33)38-26-18-37-27-23(26)13-14-36-27/h1-3,6-9,12,16,21,23-27,31-32H,4-5,10-11,13-15,17-18H2,(H,29,33)/t23?,24-,25+,26?,27?/m0/s1. The molecule has 5 atom stereocenters. The number of benzene rings is 2. The summed E-state index contributed by atoms with van der Waals surface area (Å²) >= 11 is 0. The molecule has 218 valence electrons. The number of carbonyl (C=O) groups is 1. The lowest BCUT2D eigenvalue weighted by Crippen LogP contribution is -2.51. The van der Waals surface area contributed by atoms with Crippen molar-refractivity contribution in [1.82, 2.24) is 9.79 Å². The third-order valence-corrected chi connectivity index (χ3v) is 9.22. The molecule has 12 heteroatoms. The van der Waals surface area contributed by atoms with E-state index < -0.39 is 40.9 Å². The fourth-order valence-corrected chi connectivity index (χ4v) is 6.76. The van der Waals surface area contributed by atoms with E-state index in [0.717, 1.165) is 35.4 Å². The predicted molar refractivity (Wildman–Crippen MR) is 142 cm³/mol. The van der Waals surface area contributed by atoms with Crippen LogP contribution in [-0.2, 0) is 35.5 Å². The monoisotopic (exact) mass is 576 g/mol. The first kappa shape index (κ1) is 28.8. The molecule has 3 aliphatic rings. The molecule has 3 N–H and O–H groups in total. The van der Waals surface area contributed by atoms with Crippen LogP contribution >= 0.6 is 0 Å². The first-order chi connectivity index (χ1) is 19.3. The number of rotatable bonds is 11. The van der Waals surface area contributed by atoms with Crippen molar-refractivity contribution in [3.05, 3.63) is 60.2 Å². The largest absolute Gasteiger partial charge is 0.508 e. The molecule has 2 aromatic carbocycles. The summed E-state index contributed by atoms with van der Waals surface area (Å²) < 4.78 is 44.7. The molecule has 0 aromatic heterocycles. The normalized spacial score (nSPS) is 24.6. The lowest BCUT2D eigenvalue weighted by molar-refractivity contribution is -0.145. The van der Waals surface area contributed by atoms with E-state index in [2.05, 4.69) is 5.32 Å². The maximum Gasteiger partial charge on any atom is 0.407 e. The Hall–Kier alpha value is -2.74. The van der Waals surface area contributed by atoms with Crippen molar-refractivity contribution in [1.29, 1.82) is 0 Å². The van der Waals surface area contributed by atoms with Crippen molar-refractivity contribution in [2.45, 2.75) is 74.1 Å². The molecular formula is C28H36N2O9S. The first-order valence-electron chi connectivity index (χ1n) is 13.7. The van der Waals surface area contributed by atoms with Crippen molar-refractivity contribution < 1.29 is 42.5 Å². The fourth-order valence-electron chi connectivity index (χ4n) is 5.42. The summed E-state index contributed by atoms with van der Waals surface area (Å²) in [5.74, 6) is -0.259. The van der Waals surface area contributed by atoms with Gasteiger partial charge in [0.15, 0.2) is 6.29 Å². The molecule has 0 spiro atoms. The van der Waals surface area contributed by atoms with E-state index in [-0.39, 0.29) is 42.0 Å². The van der Waals surface area contributed by atoms with Gasteiger partial charge >= 0.3 is 6.09 Å². The van der Waals surface area contributed by atoms with Crippen molar-refractivity contribution in [3.8, 4) is 5.75 Å². The summed E-state index contributed by atoms with van der Waals surface area (Å²) in [6.45, 7) is 0.313. The van der Waals surface area contributed by atoms with Crippen molar-refractivity contribution in [3.63, 3.8) is 0 Å². The number of phenolic OH excluding ortho intramolecular Hbond substituents is 1. The number of fused-ring (bicyclic) bond motifs is 1. The molecule has 0 bridgehead atoms. The first-order valence-corrected chi connectivity index (χ1v) is 15.1. The van der Waals surface area contributed by atoms with Gasteiger partial charge in [0.1, 0.15) is 11.9 Å². The lowest BCUT2D eigenvalue weighted by atomic mass is 10.0. The number of aliphatic hydroxyl groups is 1. The Morgan fingerprint density at radius 1 is 1.07 bits per heavy atom. The van der Waals surface area contributed by atoms with Crippen LogP contribution in [0.15, 0.2) is 59.5 Å². The number of hydroxylamine groups is 1. The minimum Gasteiger partial charge on any atom is -0.508 e. The number of alkyl carbamates (subject to hydrolysis) is 1. The van der Waals surface area contributed by atoms with Gasteiger partial charge in [0.2, 0.25) is 0 Å². The molecule has 40 heavy (non-hydrogen) atoms. The molecule has 1 amide bonds. The van der Waals surface area contributed by atoms with E-state index in [1.807, 2.05) is 30.3 Å². The van der Waals surface area contributed by atoms with Crippen LogP contribution in [0.5, 0.6) is 5.75 Å². The molecule has 2 saturated heterocycles. The number of ether oxygens (including phenoxy) is 3. The molecule has 11 nitrogen and oxygen atoms in total. The Balaban J connectivity index is 1.34. The smallest absolute Gasteiger partial charge is 0.407 e. The highest BCUT2D eigenvalue weighted by Gasteiger charge is 2.44. The van der Waals surface area contributed by atoms with Gasteiger partial charge < -0.3 is 29.7 Å². The van der Waals surface area contributed by atoms with Crippen molar-refractivity contribution in [2.75, 3.05) is 19.8 Å². The van der Waals surface area contributed by atoms with Crippen LogP contribution in [0.4, 0.5) is 4.79 Å². The van der Waals surface area contributed by atoms with E-state index in [1.54, 1.807) is 0 Å². The number of phenols is 1. The SMILES string of the molecule is O=C(N[C@@H](Cc1ccccc1)[C@H](O)CN(OC1CCCC1)S(=O)(=O)c1cccc(O)c1)OC1COC2OCCC12. The summed E-state index contributed by atoms with van der Waals surface area (Å²) in [7, 11) is -4.25. The second kappa shape index (κ2) is 12.8. The zero-order valence-corrected chi connectivity index (χ0v) is 22.9. The van der Waals surface area contributed by atoms with Crippen LogP contribution in [0, 0.1) is 5.92 Å². The van der Waals surface area contributed by atoms with E-state index in [0.29, 0.717) is 19.4 Å². The van der Waals surface area contributed by atoms with Crippen LogP contribution in [0.3, 0.4) is 0 Å². The number of aliphatic hydroxyl groups excluding tert-OH is 1. The number of hydrogen-bond acceptors (Lipinski definition) is 9. The minimum atomic E-state index is -4.25. The van der Waals surface area contributed by atoms with E-state index in [1.165, 1.54) is 18.2 Å². The van der Waals surface area contributed by atoms with E-state index in [9.17, 15) is 23.4 Å². The second-order valence-electron chi connectivity index (χ2n) is 10.5. The van der Waals surface area contributed by atoms with Crippen molar-refractivity contribution in [2.24, 2.45) is 5.92 Å². The number of carbonyl (C=O) groups excluding carboxylic acids is 1. The third kappa shape index (κ3) is 6.93. The zero-order chi connectivity index (χ0) is 28.1. The molecule has 5 rings (SSSR count). The summed E-state index contributed by atoms with van der Waals surface area (Å²) in [4.78, 5) is 18.7. The van der Waals surface area contributed by atoms with E-state index >= 15 is 0 Å². The van der Waals surface area contributed by atoms with Crippen LogP contribution in [0.1, 0.15) is 37.7 Å². The highest BCUT2D eigenvalue weighted by molar-refractivity contribution is 7.89. The number of nitrogens with one attached hydrogen (secondary N) is 1. The maximum absolute atomic E-state index is 13.6. The van der Waals surface area contributed by atoms with Gasteiger partial charge in [-0.05, 0) is 49.4 Å². The Kier molecular flexibility index (Phi) is 9.24. The van der Waals surface area contributed by atoms with Crippen LogP contribution in [-0.4, -0.2) is 79.6 Å². The van der Waals surface area contributed by atoms with Gasteiger partial charge in [-0.2, -0.15) is 0 Å². The van der Waals surface area contributed by atoms with Gasteiger partial charge in [-0.15, -0.1) is 0 Å². The summed E-state index contributed by atoms with van der Waals surface area (Å²) in [5, 5.41) is 24.0. The molecule has 3 fully saturated rings. The quantitative estimate of drug-likeness (QED) is 0.344. The molecule has 0 radical (unpaired) electrons. The zero-order valence-electron chi connectivity index (χ0n) is 22.1. The lowest BCUT2D eigenvalue weighted by Gasteiger charge is -2.31. The fraction of sp³-hybridized carbons (Fsp3) is 0.536. The minimum absolute atomic E-state index is 0.0500. The Labute approximate surface area is 234 Å². The molecule has 1 aliphatic carbocycles. The van der Waals surface area contributed by atoms with Crippen molar-refractivity contribution >= 4 is 16.1 Å².